The smallest absolute Gasteiger partial charge is 0.134 e. The normalized spacial score (nSPS) is 20.2. The minimum atomic E-state index is 0.509. The number of nitrogens with zero attached hydrogens (tertiary/aromatic N) is 1. The molecule has 1 aromatic carbocycles. The van der Waals surface area contributed by atoms with Gasteiger partial charge in [-0.1, -0.05) is 25.1 Å². The predicted molar refractivity (Wildman–Crippen MR) is 84.3 cm³/mol. The molecule has 1 aliphatic heterocycles. The number of hydrogen-bond donors (Lipinski definition) is 1. The molecule has 4 heteroatoms. The lowest BCUT2D eigenvalue weighted by Crippen LogP contribution is -2.44. The summed E-state index contributed by atoms with van der Waals surface area (Å²) < 4.78 is 11.6. The van der Waals surface area contributed by atoms with Gasteiger partial charge in [0.2, 0.25) is 0 Å². The maximum Gasteiger partial charge on any atom is 0.134 e. The summed E-state index contributed by atoms with van der Waals surface area (Å²) in [4.78, 5) is 2.53. The van der Waals surface area contributed by atoms with Gasteiger partial charge in [0.05, 0.1) is 19.8 Å². The van der Waals surface area contributed by atoms with Crippen molar-refractivity contribution in [1.29, 1.82) is 0 Å². The van der Waals surface area contributed by atoms with Crippen LogP contribution in [0.3, 0.4) is 0 Å². The van der Waals surface area contributed by atoms with Crippen molar-refractivity contribution in [3.63, 3.8) is 0 Å². The van der Waals surface area contributed by atoms with E-state index >= 15 is 0 Å². The molecule has 1 fully saturated rings. The van der Waals surface area contributed by atoms with Gasteiger partial charge in [-0.2, -0.15) is 0 Å². The molecule has 1 unspecified atom stereocenters. The summed E-state index contributed by atoms with van der Waals surface area (Å²) in [5.41, 5.74) is 2.30. The molecule has 0 amide bonds. The fraction of sp³-hybridized carbons (Fsp3) is 0.529. The molecule has 1 saturated heterocycles. The minimum absolute atomic E-state index is 0.509. The van der Waals surface area contributed by atoms with Gasteiger partial charge in [0.1, 0.15) is 11.3 Å². The van der Waals surface area contributed by atoms with Gasteiger partial charge in [-0.25, -0.2) is 0 Å². The van der Waals surface area contributed by atoms with Crippen LogP contribution in [-0.2, 0) is 17.8 Å². The molecule has 21 heavy (non-hydrogen) atoms. The van der Waals surface area contributed by atoms with Crippen LogP contribution in [0.2, 0.25) is 0 Å². The van der Waals surface area contributed by atoms with Gasteiger partial charge in [0.25, 0.3) is 0 Å². The second kappa shape index (κ2) is 6.60. The standard InChI is InChI=1S/C17H24N2O2/c1-3-13-12-20-9-8-19(13)11-15-14-6-4-5-7-16(14)21-17(15)10-18-2/h4-7,13,18H,3,8-12H2,1-2H3. The van der Waals surface area contributed by atoms with Gasteiger partial charge in [-0.3, -0.25) is 4.90 Å². The van der Waals surface area contributed by atoms with E-state index in [9.17, 15) is 0 Å². The SMILES string of the molecule is CCC1COCCN1Cc1c(CNC)oc2ccccc12. The summed E-state index contributed by atoms with van der Waals surface area (Å²) in [5.74, 6) is 1.06. The average Bonchev–Trinajstić information content (AvgIpc) is 2.86. The van der Waals surface area contributed by atoms with E-state index in [4.69, 9.17) is 9.15 Å². The first-order chi connectivity index (χ1) is 10.3. The number of benzene rings is 1. The molecule has 1 N–H and O–H groups in total. The predicted octanol–water partition coefficient (Wildman–Crippen LogP) is 2.76. The van der Waals surface area contributed by atoms with Crippen LogP contribution >= 0.6 is 0 Å². The zero-order valence-corrected chi connectivity index (χ0v) is 12.9. The van der Waals surface area contributed by atoms with E-state index in [1.54, 1.807) is 0 Å². The topological polar surface area (TPSA) is 37.6 Å². The molecular weight excluding hydrogens is 264 g/mol. The number of nitrogens with one attached hydrogen (secondary N) is 1. The van der Waals surface area contributed by atoms with Crippen LogP contribution in [0, 0.1) is 0 Å². The highest BCUT2D eigenvalue weighted by molar-refractivity contribution is 5.82. The molecule has 1 aliphatic rings. The molecule has 0 spiro atoms. The van der Waals surface area contributed by atoms with Crippen molar-refractivity contribution < 1.29 is 9.15 Å². The summed E-state index contributed by atoms with van der Waals surface area (Å²) in [7, 11) is 1.96. The molecule has 1 aromatic heterocycles. The van der Waals surface area contributed by atoms with Crippen molar-refractivity contribution in [2.24, 2.45) is 0 Å². The molecular formula is C17H24N2O2. The maximum absolute atomic E-state index is 6.03. The van der Waals surface area contributed by atoms with Crippen LogP contribution in [0.1, 0.15) is 24.7 Å². The first-order valence-electron chi connectivity index (χ1n) is 7.79. The highest BCUT2D eigenvalue weighted by Gasteiger charge is 2.24. The van der Waals surface area contributed by atoms with Crippen LogP contribution < -0.4 is 5.32 Å². The Kier molecular flexibility index (Phi) is 4.58. The largest absolute Gasteiger partial charge is 0.459 e. The van der Waals surface area contributed by atoms with Gasteiger partial charge >= 0.3 is 0 Å². The third-order valence-electron chi connectivity index (χ3n) is 4.30. The summed E-state index contributed by atoms with van der Waals surface area (Å²) >= 11 is 0. The van der Waals surface area contributed by atoms with E-state index in [-0.39, 0.29) is 0 Å². The van der Waals surface area contributed by atoms with Gasteiger partial charge in [0.15, 0.2) is 0 Å². The van der Waals surface area contributed by atoms with E-state index in [0.717, 1.165) is 50.6 Å². The third kappa shape index (κ3) is 2.98. The van der Waals surface area contributed by atoms with E-state index in [2.05, 4.69) is 35.3 Å². The Balaban J connectivity index is 1.92. The molecule has 4 nitrogen and oxygen atoms in total. The van der Waals surface area contributed by atoms with Gasteiger partial charge in [-0.15, -0.1) is 0 Å². The van der Waals surface area contributed by atoms with Gasteiger partial charge < -0.3 is 14.5 Å². The van der Waals surface area contributed by atoms with Crippen molar-refractivity contribution in [3.8, 4) is 0 Å². The molecule has 0 aliphatic carbocycles. The van der Waals surface area contributed by atoms with E-state index < -0.39 is 0 Å². The van der Waals surface area contributed by atoms with Crippen LogP contribution in [0.25, 0.3) is 11.0 Å². The first kappa shape index (κ1) is 14.6. The zero-order valence-electron chi connectivity index (χ0n) is 12.9. The lowest BCUT2D eigenvalue weighted by atomic mass is 10.1. The lowest BCUT2D eigenvalue weighted by molar-refractivity contribution is -0.0127. The fourth-order valence-corrected chi connectivity index (χ4v) is 3.10. The summed E-state index contributed by atoms with van der Waals surface area (Å²) in [6.45, 7) is 6.60. The van der Waals surface area contributed by atoms with Crippen LogP contribution in [0.4, 0.5) is 0 Å². The lowest BCUT2D eigenvalue weighted by Gasteiger charge is -2.35. The number of rotatable bonds is 5. The van der Waals surface area contributed by atoms with Gasteiger partial charge in [-0.05, 0) is 19.5 Å². The Bertz CT molecular complexity index is 593. The number of para-hydroxylation sites is 1. The molecule has 114 valence electrons. The molecule has 1 atom stereocenters. The third-order valence-corrected chi connectivity index (χ3v) is 4.30. The minimum Gasteiger partial charge on any atom is -0.459 e. The van der Waals surface area contributed by atoms with Gasteiger partial charge in [0, 0.05) is 30.1 Å². The zero-order chi connectivity index (χ0) is 14.7. The molecule has 0 saturated carbocycles. The molecule has 2 heterocycles. The molecule has 0 bridgehead atoms. The fourth-order valence-electron chi connectivity index (χ4n) is 3.10. The Morgan fingerprint density at radius 3 is 3.00 bits per heavy atom. The summed E-state index contributed by atoms with van der Waals surface area (Å²) in [6.07, 6.45) is 1.12. The quantitative estimate of drug-likeness (QED) is 0.918. The highest BCUT2D eigenvalue weighted by Crippen LogP contribution is 2.28. The Hall–Kier alpha value is -1.36. The van der Waals surface area contributed by atoms with E-state index in [1.165, 1.54) is 10.9 Å². The second-order valence-corrected chi connectivity index (χ2v) is 5.64. The number of morpholine rings is 1. The molecule has 0 radical (unpaired) electrons. The summed E-state index contributed by atoms with van der Waals surface area (Å²) in [5, 5.41) is 4.45. The number of ether oxygens (including phenoxy) is 1. The van der Waals surface area contributed by atoms with Crippen LogP contribution in [0.5, 0.6) is 0 Å². The van der Waals surface area contributed by atoms with Crippen LogP contribution in [-0.4, -0.2) is 37.7 Å². The Labute approximate surface area is 126 Å². The average molecular weight is 288 g/mol. The maximum atomic E-state index is 6.03. The van der Waals surface area contributed by atoms with Crippen molar-refractivity contribution >= 4 is 11.0 Å². The highest BCUT2D eigenvalue weighted by atomic mass is 16.5. The summed E-state index contributed by atoms with van der Waals surface area (Å²) in [6, 6.07) is 8.84. The monoisotopic (exact) mass is 288 g/mol. The van der Waals surface area contributed by atoms with Crippen molar-refractivity contribution in [1.82, 2.24) is 10.2 Å². The molecule has 3 rings (SSSR count). The number of hydrogen-bond acceptors (Lipinski definition) is 4. The van der Waals surface area contributed by atoms with E-state index in [0.29, 0.717) is 6.04 Å². The van der Waals surface area contributed by atoms with Crippen LogP contribution in [0.15, 0.2) is 28.7 Å². The number of fused-ring (bicyclic) bond motifs is 1. The number of furan rings is 1. The van der Waals surface area contributed by atoms with Crippen molar-refractivity contribution in [3.05, 3.63) is 35.6 Å². The van der Waals surface area contributed by atoms with Crippen molar-refractivity contribution in [2.75, 3.05) is 26.8 Å². The molecule has 2 aromatic rings. The second-order valence-electron chi connectivity index (χ2n) is 5.64. The van der Waals surface area contributed by atoms with E-state index in [1.807, 2.05) is 13.1 Å². The first-order valence-corrected chi connectivity index (χ1v) is 7.79. The van der Waals surface area contributed by atoms with Crippen molar-refractivity contribution in [2.45, 2.75) is 32.5 Å². The Morgan fingerprint density at radius 1 is 1.33 bits per heavy atom. The Morgan fingerprint density at radius 2 is 2.19 bits per heavy atom.